The van der Waals surface area contributed by atoms with E-state index in [1.165, 1.54) is 0 Å². The van der Waals surface area contributed by atoms with Crippen LogP contribution in [0, 0.1) is 0 Å². The number of aromatic amines is 1. The summed E-state index contributed by atoms with van der Waals surface area (Å²) in [7, 11) is 0. The minimum Gasteiger partial charge on any atom is -0.484 e. The molecule has 1 aromatic heterocycles. The Morgan fingerprint density at radius 2 is 2.15 bits per heavy atom. The van der Waals surface area contributed by atoms with Gasteiger partial charge in [0.05, 0.1) is 6.20 Å². The van der Waals surface area contributed by atoms with Crippen LogP contribution in [0.15, 0.2) is 30.5 Å². The Labute approximate surface area is 117 Å². The molecule has 0 saturated heterocycles. The number of nitrogens with two attached hydrogens (primary N) is 1. The van der Waals surface area contributed by atoms with E-state index in [1.807, 2.05) is 19.1 Å². The van der Waals surface area contributed by atoms with Crippen LogP contribution in [0.3, 0.4) is 0 Å². The average molecular weight is 274 g/mol. The van der Waals surface area contributed by atoms with Crippen LogP contribution >= 0.6 is 0 Å². The number of nitrogens with one attached hydrogen (secondary N) is 2. The van der Waals surface area contributed by atoms with Gasteiger partial charge in [-0.1, -0.05) is 19.1 Å². The van der Waals surface area contributed by atoms with Gasteiger partial charge in [0.2, 0.25) is 0 Å². The smallest absolute Gasteiger partial charge is 0.263 e. The third kappa shape index (κ3) is 3.58. The van der Waals surface area contributed by atoms with Gasteiger partial charge < -0.3 is 15.8 Å². The molecule has 1 heterocycles. The molecule has 6 nitrogen and oxygen atoms in total. The number of carbonyl (C=O) groups is 1. The molecule has 0 spiro atoms. The van der Waals surface area contributed by atoms with Crippen molar-refractivity contribution < 1.29 is 9.53 Å². The first-order valence-corrected chi connectivity index (χ1v) is 6.46. The van der Waals surface area contributed by atoms with E-state index in [9.17, 15) is 4.79 Å². The zero-order valence-corrected chi connectivity index (χ0v) is 11.3. The van der Waals surface area contributed by atoms with Crippen LogP contribution < -0.4 is 15.8 Å². The van der Waals surface area contributed by atoms with Gasteiger partial charge in [0, 0.05) is 12.1 Å². The molecule has 0 aliphatic rings. The molecule has 1 aromatic carbocycles. The number of amides is 1. The maximum absolute atomic E-state index is 11.8. The minimum atomic E-state index is -0.230. The molecule has 20 heavy (non-hydrogen) atoms. The Morgan fingerprint density at radius 3 is 2.80 bits per heavy atom. The van der Waals surface area contributed by atoms with Crippen LogP contribution in [0.25, 0.3) is 0 Å². The first kappa shape index (κ1) is 14.1. The molecular formula is C14H18N4O2. The van der Waals surface area contributed by atoms with Gasteiger partial charge in [-0.3, -0.25) is 9.89 Å². The highest BCUT2D eigenvalue weighted by Gasteiger charge is 2.08. The van der Waals surface area contributed by atoms with E-state index in [0.717, 1.165) is 17.5 Å². The summed E-state index contributed by atoms with van der Waals surface area (Å²) in [5, 5.41) is 9.37. The molecule has 0 aliphatic heterocycles. The van der Waals surface area contributed by atoms with Crippen molar-refractivity contribution in [2.45, 2.75) is 19.9 Å². The summed E-state index contributed by atoms with van der Waals surface area (Å²) >= 11 is 0. The highest BCUT2D eigenvalue weighted by molar-refractivity contribution is 5.91. The number of rotatable bonds is 6. The fourth-order valence-electron chi connectivity index (χ4n) is 1.73. The minimum absolute atomic E-state index is 0.0514. The molecule has 2 aromatic rings. The number of carbonyl (C=O) groups excluding carboxylic acids is 1. The van der Waals surface area contributed by atoms with E-state index in [-0.39, 0.29) is 12.5 Å². The Hall–Kier alpha value is -2.34. The highest BCUT2D eigenvalue weighted by Crippen LogP contribution is 2.13. The molecule has 0 saturated carbocycles. The first-order chi connectivity index (χ1) is 9.72. The Bertz CT molecular complexity index is 563. The lowest BCUT2D eigenvalue weighted by Crippen LogP contribution is -2.21. The molecule has 0 radical (unpaired) electrons. The van der Waals surface area contributed by atoms with Crippen LogP contribution in [-0.4, -0.2) is 22.7 Å². The maximum atomic E-state index is 11.8. The number of aryl methyl sites for hydroxylation is 1. The number of hydrogen-bond acceptors (Lipinski definition) is 4. The molecule has 106 valence electrons. The molecule has 0 unspecified atom stereocenters. The summed E-state index contributed by atoms with van der Waals surface area (Å²) in [5.74, 6) is 1.03. The molecule has 0 fully saturated rings. The number of benzene rings is 1. The predicted molar refractivity (Wildman–Crippen MR) is 76.4 cm³/mol. The van der Waals surface area contributed by atoms with Crippen molar-refractivity contribution in [2.75, 3.05) is 11.9 Å². The second-order valence-electron chi connectivity index (χ2n) is 4.31. The molecule has 6 heteroatoms. The van der Waals surface area contributed by atoms with Gasteiger partial charge in [-0.2, -0.15) is 5.10 Å². The van der Waals surface area contributed by atoms with E-state index in [0.29, 0.717) is 18.1 Å². The molecule has 1 amide bonds. The number of ether oxygens (including phenoxy) is 1. The van der Waals surface area contributed by atoms with Crippen molar-refractivity contribution in [3.63, 3.8) is 0 Å². The Balaban J connectivity index is 1.85. The third-order valence-corrected chi connectivity index (χ3v) is 2.89. The molecular weight excluding hydrogens is 256 g/mol. The summed E-state index contributed by atoms with van der Waals surface area (Å²) in [6.45, 7) is 2.43. The largest absolute Gasteiger partial charge is 0.484 e. The van der Waals surface area contributed by atoms with Crippen molar-refractivity contribution in [2.24, 2.45) is 5.73 Å². The van der Waals surface area contributed by atoms with Crippen LogP contribution in [0.4, 0.5) is 5.82 Å². The highest BCUT2D eigenvalue weighted by atomic mass is 16.5. The van der Waals surface area contributed by atoms with Gasteiger partial charge in [-0.25, -0.2) is 0 Å². The number of nitrogens with zero attached hydrogens (tertiary/aromatic N) is 1. The van der Waals surface area contributed by atoms with E-state index >= 15 is 0 Å². The quantitative estimate of drug-likeness (QED) is 0.743. The molecule has 4 N–H and O–H groups in total. The Morgan fingerprint density at radius 1 is 1.40 bits per heavy atom. The average Bonchev–Trinajstić information content (AvgIpc) is 2.92. The zero-order chi connectivity index (χ0) is 14.4. The maximum Gasteiger partial charge on any atom is 0.263 e. The van der Waals surface area contributed by atoms with Crippen molar-refractivity contribution in [1.82, 2.24) is 10.2 Å². The Kier molecular flexibility index (Phi) is 4.73. The number of anilines is 1. The van der Waals surface area contributed by atoms with Crippen LogP contribution in [-0.2, 0) is 17.8 Å². The van der Waals surface area contributed by atoms with E-state index < -0.39 is 0 Å². The summed E-state index contributed by atoms with van der Waals surface area (Å²) in [4.78, 5) is 11.8. The summed E-state index contributed by atoms with van der Waals surface area (Å²) in [6.07, 6.45) is 2.50. The SMILES string of the molecule is CCc1cn[nH]c1NC(=O)COc1ccc(CN)cc1. The topological polar surface area (TPSA) is 93.0 Å². The predicted octanol–water partition coefficient (Wildman–Crippen LogP) is 1.45. The molecule has 0 aliphatic carbocycles. The molecule has 0 bridgehead atoms. The fraction of sp³-hybridized carbons (Fsp3) is 0.286. The standard InChI is InChI=1S/C14H18N4O2/c1-2-11-8-16-18-14(11)17-13(19)9-20-12-5-3-10(7-15)4-6-12/h3-6,8H,2,7,9,15H2,1H3,(H2,16,17,18,19). The van der Waals surface area contributed by atoms with Crippen LogP contribution in [0.5, 0.6) is 5.75 Å². The second-order valence-corrected chi connectivity index (χ2v) is 4.31. The molecule has 2 rings (SSSR count). The number of H-pyrrole nitrogens is 1. The van der Waals surface area contributed by atoms with Crippen molar-refractivity contribution in [3.8, 4) is 5.75 Å². The van der Waals surface area contributed by atoms with E-state index in [4.69, 9.17) is 10.5 Å². The van der Waals surface area contributed by atoms with E-state index in [2.05, 4.69) is 15.5 Å². The van der Waals surface area contributed by atoms with Gasteiger partial charge in [0.15, 0.2) is 6.61 Å². The van der Waals surface area contributed by atoms with Crippen LogP contribution in [0.1, 0.15) is 18.1 Å². The lowest BCUT2D eigenvalue weighted by molar-refractivity contribution is -0.118. The lowest BCUT2D eigenvalue weighted by atomic mass is 10.2. The van der Waals surface area contributed by atoms with E-state index in [1.54, 1.807) is 18.3 Å². The number of aromatic nitrogens is 2. The third-order valence-electron chi connectivity index (χ3n) is 2.89. The summed E-state index contributed by atoms with van der Waals surface area (Å²) < 4.78 is 5.40. The first-order valence-electron chi connectivity index (χ1n) is 6.46. The zero-order valence-electron chi connectivity index (χ0n) is 11.3. The second kappa shape index (κ2) is 6.72. The normalized spacial score (nSPS) is 10.3. The van der Waals surface area contributed by atoms with Gasteiger partial charge in [-0.05, 0) is 24.1 Å². The summed E-state index contributed by atoms with van der Waals surface area (Å²) in [5.41, 5.74) is 7.49. The molecule has 0 atom stereocenters. The van der Waals surface area contributed by atoms with Crippen molar-refractivity contribution in [3.05, 3.63) is 41.6 Å². The monoisotopic (exact) mass is 274 g/mol. The van der Waals surface area contributed by atoms with Crippen LogP contribution in [0.2, 0.25) is 0 Å². The van der Waals surface area contributed by atoms with Gasteiger partial charge in [0.25, 0.3) is 5.91 Å². The number of hydrogen-bond donors (Lipinski definition) is 3. The van der Waals surface area contributed by atoms with Gasteiger partial charge in [0.1, 0.15) is 11.6 Å². The van der Waals surface area contributed by atoms with Crippen molar-refractivity contribution in [1.29, 1.82) is 0 Å². The van der Waals surface area contributed by atoms with Gasteiger partial charge in [-0.15, -0.1) is 0 Å². The lowest BCUT2D eigenvalue weighted by Gasteiger charge is -2.07. The fourth-order valence-corrected chi connectivity index (χ4v) is 1.73. The summed E-state index contributed by atoms with van der Waals surface area (Å²) in [6, 6.07) is 7.33. The van der Waals surface area contributed by atoms with Gasteiger partial charge >= 0.3 is 0 Å². The van der Waals surface area contributed by atoms with Crippen molar-refractivity contribution >= 4 is 11.7 Å².